The van der Waals surface area contributed by atoms with Crippen molar-refractivity contribution < 1.29 is 14.0 Å². The summed E-state index contributed by atoms with van der Waals surface area (Å²) in [5.74, 6) is -1.01. The number of benzene rings is 2. The molecule has 0 aliphatic carbocycles. The molecule has 0 heterocycles. The molecule has 126 valence electrons. The van der Waals surface area contributed by atoms with Crippen molar-refractivity contribution in [1.82, 2.24) is 4.90 Å². The number of anilines is 1. The van der Waals surface area contributed by atoms with Crippen LogP contribution in [0.25, 0.3) is 0 Å². The monoisotopic (exact) mass is 348 g/mol. The van der Waals surface area contributed by atoms with E-state index in [0.717, 1.165) is 5.56 Å². The molecule has 0 radical (unpaired) electrons. The lowest BCUT2D eigenvalue weighted by Gasteiger charge is -2.21. The Labute approximate surface area is 145 Å². The van der Waals surface area contributed by atoms with Crippen molar-refractivity contribution in [3.8, 4) is 0 Å². The van der Waals surface area contributed by atoms with Gasteiger partial charge in [-0.25, -0.2) is 4.39 Å². The molecule has 0 spiro atoms. The van der Waals surface area contributed by atoms with Crippen LogP contribution in [-0.4, -0.2) is 23.3 Å². The molecule has 2 aromatic carbocycles. The van der Waals surface area contributed by atoms with Crippen LogP contribution in [0.3, 0.4) is 0 Å². The Morgan fingerprint density at radius 2 is 1.79 bits per heavy atom. The third-order valence-corrected chi connectivity index (χ3v) is 3.89. The Morgan fingerprint density at radius 3 is 2.46 bits per heavy atom. The highest BCUT2D eigenvalue weighted by Crippen LogP contribution is 2.17. The number of carbonyl (C=O) groups excluding carboxylic acids is 2. The second-order valence-corrected chi connectivity index (χ2v) is 5.72. The zero-order chi connectivity index (χ0) is 17.5. The molecule has 4 nitrogen and oxygen atoms in total. The van der Waals surface area contributed by atoms with Crippen molar-refractivity contribution in [2.24, 2.45) is 0 Å². The van der Waals surface area contributed by atoms with E-state index in [1.54, 1.807) is 18.2 Å². The lowest BCUT2D eigenvalue weighted by Crippen LogP contribution is -2.31. The molecule has 0 saturated heterocycles. The molecule has 6 heteroatoms. The van der Waals surface area contributed by atoms with Gasteiger partial charge in [0.1, 0.15) is 5.82 Å². The van der Waals surface area contributed by atoms with Crippen molar-refractivity contribution in [3.63, 3.8) is 0 Å². The van der Waals surface area contributed by atoms with Gasteiger partial charge in [-0.05, 0) is 23.8 Å². The minimum absolute atomic E-state index is 0.0678. The maximum atomic E-state index is 13.5. The third kappa shape index (κ3) is 5.06. The van der Waals surface area contributed by atoms with Gasteiger partial charge in [0, 0.05) is 31.5 Å². The molecular formula is C18H18ClFN2O2. The Morgan fingerprint density at radius 1 is 1.12 bits per heavy atom. The SMILES string of the molecule is CC(=O)N(CCC(=O)Nc1ccccc1F)Cc1ccccc1Cl. The van der Waals surface area contributed by atoms with E-state index in [4.69, 9.17) is 11.6 Å². The summed E-state index contributed by atoms with van der Waals surface area (Å²) >= 11 is 6.10. The van der Waals surface area contributed by atoms with Crippen molar-refractivity contribution >= 4 is 29.1 Å². The molecule has 2 amide bonds. The van der Waals surface area contributed by atoms with E-state index in [2.05, 4.69) is 5.32 Å². The van der Waals surface area contributed by atoms with E-state index in [1.807, 2.05) is 18.2 Å². The van der Waals surface area contributed by atoms with Crippen molar-refractivity contribution in [2.75, 3.05) is 11.9 Å². The van der Waals surface area contributed by atoms with Gasteiger partial charge in [0.05, 0.1) is 5.69 Å². The standard InChI is InChI=1S/C18H18ClFN2O2/c1-13(23)22(12-14-6-2-3-7-15(14)19)11-10-18(24)21-17-9-5-4-8-16(17)20/h2-9H,10-12H2,1H3,(H,21,24). The first-order chi connectivity index (χ1) is 11.5. The predicted octanol–water partition coefficient (Wildman–Crippen LogP) is 3.86. The van der Waals surface area contributed by atoms with Crippen molar-refractivity contribution in [3.05, 3.63) is 64.9 Å². The van der Waals surface area contributed by atoms with Crippen LogP contribution < -0.4 is 5.32 Å². The van der Waals surface area contributed by atoms with Gasteiger partial charge in [0.15, 0.2) is 0 Å². The maximum Gasteiger partial charge on any atom is 0.226 e. The lowest BCUT2D eigenvalue weighted by atomic mass is 10.2. The molecule has 0 atom stereocenters. The number of hydrogen-bond acceptors (Lipinski definition) is 2. The Kier molecular flexibility index (Phi) is 6.32. The zero-order valence-corrected chi connectivity index (χ0v) is 14.0. The molecule has 1 N–H and O–H groups in total. The van der Waals surface area contributed by atoms with Crippen LogP contribution in [0, 0.1) is 5.82 Å². The molecule has 0 aliphatic rings. The van der Waals surface area contributed by atoms with Crippen LogP contribution in [-0.2, 0) is 16.1 Å². The zero-order valence-electron chi connectivity index (χ0n) is 13.3. The second-order valence-electron chi connectivity index (χ2n) is 5.31. The predicted molar refractivity (Wildman–Crippen MR) is 92.2 cm³/mol. The summed E-state index contributed by atoms with van der Waals surface area (Å²) in [4.78, 5) is 25.3. The number of halogens is 2. The summed E-state index contributed by atoms with van der Waals surface area (Å²) in [6.45, 7) is 1.98. The number of amides is 2. The fraction of sp³-hybridized carbons (Fsp3) is 0.222. The number of para-hydroxylation sites is 1. The lowest BCUT2D eigenvalue weighted by molar-refractivity contribution is -0.129. The van der Waals surface area contributed by atoms with Gasteiger partial charge in [-0.2, -0.15) is 0 Å². The largest absolute Gasteiger partial charge is 0.338 e. The molecule has 0 aliphatic heterocycles. The van der Waals surface area contributed by atoms with E-state index in [-0.39, 0.29) is 30.5 Å². The Balaban J connectivity index is 1.94. The molecule has 0 bridgehead atoms. The maximum absolute atomic E-state index is 13.5. The molecular weight excluding hydrogens is 331 g/mol. The van der Waals surface area contributed by atoms with Gasteiger partial charge in [-0.1, -0.05) is 41.9 Å². The van der Waals surface area contributed by atoms with Crippen LogP contribution in [0.1, 0.15) is 18.9 Å². The van der Waals surface area contributed by atoms with Gasteiger partial charge in [-0.3, -0.25) is 9.59 Å². The minimum Gasteiger partial charge on any atom is -0.338 e. The van der Waals surface area contributed by atoms with E-state index < -0.39 is 5.82 Å². The highest BCUT2D eigenvalue weighted by Gasteiger charge is 2.14. The van der Waals surface area contributed by atoms with Gasteiger partial charge in [-0.15, -0.1) is 0 Å². The molecule has 24 heavy (non-hydrogen) atoms. The molecule has 0 saturated carbocycles. The summed E-state index contributed by atoms with van der Waals surface area (Å²) in [5.41, 5.74) is 0.937. The highest BCUT2D eigenvalue weighted by molar-refractivity contribution is 6.31. The highest BCUT2D eigenvalue weighted by atomic mass is 35.5. The Bertz CT molecular complexity index is 736. The first-order valence-electron chi connectivity index (χ1n) is 7.50. The van der Waals surface area contributed by atoms with E-state index in [1.165, 1.54) is 24.0 Å². The minimum atomic E-state index is -0.495. The molecule has 2 rings (SSSR count). The quantitative estimate of drug-likeness (QED) is 0.861. The number of hydrogen-bond donors (Lipinski definition) is 1. The first kappa shape index (κ1) is 17.9. The fourth-order valence-corrected chi connectivity index (χ4v) is 2.39. The first-order valence-corrected chi connectivity index (χ1v) is 7.88. The van der Waals surface area contributed by atoms with Crippen LogP contribution >= 0.6 is 11.6 Å². The number of carbonyl (C=O) groups is 2. The summed E-state index contributed by atoms with van der Waals surface area (Å²) in [6, 6.07) is 13.2. The van der Waals surface area contributed by atoms with Gasteiger partial charge in [0.2, 0.25) is 11.8 Å². The van der Waals surface area contributed by atoms with Gasteiger partial charge < -0.3 is 10.2 Å². The summed E-state index contributed by atoms with van der Waals surface area (Å²) < 4.78 is 13.5. The van der Waals surface area contributed by atoms with E-state index >= 15 is 0 Å². The summed E-state index contributed by atoms with van der Waals surface area (Å²) in [6.07, 6.45) is 0.0678. The van der Waals surface area contributed by atoms with Crippen LogP contribution in [0.5, 0.6) is 0 Å². The smallest absolute Gasteiger partial charge is 0.226 e. The topological polar surface area (TPSA) is 49.4 Å². The molecule has 0 aromatic heterocycles. The number of nitrogens with zero attached hydrogens (tertiary/aromatic N) is 1. The summed E-state index contributed by atoms with van der Waals surface area (Å²) in [7, 11) is 0. The number of nitrogens with one attached hydrogen (secondary N) is 1. The van der Waals surface area contributed by atoms with Crippen LogP contribution in [0.15, 0.2) is 48.5 Å². The van der Waals surface area contributed by atoms with Gasteiger partial charge >= 0.3 is 0 Å². The average molecular weight is 349 g/mol. The molecule has 2 aromatic rings. The molecule has 0 unspecified atom stereocenters. The van der Waals surface area contributed by atoms with Gasteiger partial charge in [0.25, 0.3) is 0 Å². The number of rotatable bonds is 6. The van der Waals surface area contributed by atoms with E-state index in [0.29, 0.717) is 11.6 Å². The third-order valence-electron chi connectivity index (χ3n) is 3.52. The van der Waals surface area contributed by atoms with E-state index in [9.17, 15) is 14.0 Å². The van der Waals surface area contributed by atoms with Crippen LogP contribution in [0.4, 0.5) is 10.1 Å². The Hall–Kier alpha value is -2.40. The fourth-order valence-electron chi connectivity index (χ4n) is 2.19. The average Bonchev–Trinajstić information content (AvgIpc) is 2.55. The summed E-state index contributed by atoms with van der Waals surface area (Å²) in [5, 5.41) is 3.07. The van der Waals surface area contributed by atoms with Crippen molar-refractivity contribution in [1.29, 1.82) is 0 Å². The second kappa shape index (κ2) is 8.45. The van der Waals surface area contributed by atoms with Crippen LogP contribution in [0.2, 0.25) is 5.02 Å². The normalized spacial score (nSPS) is 10.3. The van der Waals surface area contributed by atoms with Crippen molar-refractivity contribution in [2.45, 2.75) is 19.9 Å². The molecule has 0 fully saturated rings.